The van der Waals surface area contributed by atoms with Crippen molar-refractivity contribution in [3.63, 3.8) is 0 Å². The fraction of sp³-hybridized carbons (Fsp3) is 0.308. The summed E-state index contributed by atoms with van der Waals surface area (Å²) in [6.07, 6.45) is 0. The second kappa shape index (κ2) is 6.04. The molecule has 0 saturated heterocycles. The molecule has 1 N–H and O–H groups in total. The van der Waals surface area contributed by atoms with Crippen LogP contribution in [0.1, 0.15) is 6.92 Å². The SMILES string of the molecule is CNC(=O)[C@@H](C)Sc1nnc(-c2ccccc2F)n1C. The molecule has 0 bridgehead atoms. The van der Waals surface area contributed by atoms with Crippen molar-refractivity contribution in [2.45, 2.75) is 17.3 Å². The molecule has 0 fully saturated rings. The third kappa shape index (κ3) is 2.82. The van der Waals surface area contributed by atoms with Crippen LogP contribution in [0.3, 0.4) is 0 Å². The van der Waals surface area contributed by atoms with Gasteiger partial charge in [0.1, 0.15) is 5.82 Å². The van der Waals surface area contributed by atoms with Gasteiger partial charge in [0.05, 0.1) is 10.8 Å². The van der Waals surface area contributed by atoms with Crippen LogP contribution in [0.4, 0.5) is 4.39 Å². The Balaban J connectivity index is 2.28. The van der Waals surface area contributed by atoms with Crippen molar-refractivity contribution in [2.24, 2.45) is 7.05 Å². The lowest BCUT2D eigenvalue weighted by Gasteiger charge is -2.09. The number of benzene rings is 1. The van der Waals surface area contributed by atoms with Gasteiger partial charge in [-0.05, 0) is 19.1 Å². The summed E-state index contributed by atoms with van der Waals surface area (Å²) < 4.78 is 15.4. The third-order valence-corrected chi connectivity index (χ3v) is 3.98. The number of halogens is 1. The van der Waals surface area contributed by atoms with Gasteiger partial charge >= 0.3 is 0 Å². The first kappa shape index (κ1) is 14.5. The number of thioether (sulfide) groups is 1. The second-order valence-electron chi connectivity index (χ2n) is 4.22. The van der Waals surface area contributed by atoms with Crippen molar-refractivity contribution >= 4 is 17.7 Å². The van der Waals surface area contributed by atoms with Crippen LogP contribution < -0.4 is 5.32 Å². The Morgan fingerprint density at radius 3 is 2.75 bits per heavy atom. The van der Waals surface area contributed by atoms with Crippen molar-refractivity contribution in [1.29, 1.82) is 0 Å². The predicted octanol–water partition coefficient (Wildman–Crippen LogP) is 1.85. The van der Waals surface area contributed by atoms with Gasteiger partial charge in [0.25, 0.3) is 0 Å². The van der Waals surface area contributed by atoms with E-state index in [-0.39, 0.29) is 17.0 Å². The molecule has 0 aliphatic carbocycles. The number of nitrogens with one attached hydrogen (secondary N) is 1. The molecule has 1 atom stereocenters. The summed E-state index contributed by atoms with van der Waals surface area (Å²) in [5.74, 6) is -0.000881. The highest BCUT2D eigenvalue weighted by molar-refractivity contribution is 8.00. The van der Waals surface area contributed by atoms with Crippen LogP contribution in [0.15, 0.2) is 29.4 Å². The lowest BCUT2D eigenvalue weighted by Crippen LogP contribution is -2.27. The van der Waals surface area contributed by atoms with Gasteiger partial charge in [0, 0.05) is 14.1 Å². The van der Waals surface area contributed by atoms with E-state index in [0.29, 0.717) is 16.5 Å². The molecule has 1 aromatic heterocycles. The van der Waals surface area contributed by atoms with Crippen LogP contribution in [0.25, 0.3) is 11.4 Å². The molecule has 0 unspecified atom stereocenters. The van der Waals surface area contributed by atoms with Crippen LogP contribution in [0.5, 0.6) is 0 Å². The quantitative estimate of drug-likeness (QED) is 0.874. The topological polar surface area (TPSA) is 59.8 Å². The van der Waals surface area contributed by atoms with Gasteiger partial charge in [-0.1, -0.05) is 23.9 Å². The van der Waals surface area contributed by atoms with Gasteiger partial charge in [-0.2, -0.15) is 0 Å². The smallest absolute Gasteiger partial charge is 0.233 e. The molecular weight excluding hydrogens is 279 g/mol. The zero-order chi connectivity index (χ0) is 14.7. The first-order valence-electron chi connectivity index (χ1n) is 6.07. The summed E-state index contributed by atoms with van der Waals surface area (Å²) in [6.45, 7) is 1.78. The summed E-state index contributed by atoms with van der Waals surface area (Å²) in [5.41, 5.74) is 0.391. The van der Waals surface area contributed by atoms with E-state index in [1.165, 1.54) is 17.8 Å². The van der Waals surface area contributed by atoms with Crippen molar-refractivity contribution in [3.05, 3.63) is 30.1 Å². The van der Waals surface area contributed by atoms with E-state index in [1.807, 2.05) is 0 Å². The Hall–Kier alpha value is -1.89. The molecule has 1 heterocycles. The zero-order valence-electron chi connectivity index (χ0n) is 11.4. The molecule has 5 nitrogen and oxygen atoms in total. The molecule has 0 saturated carbocycles. The maximum atomic E-state index is 13.8. The largest absolute Gasteiger partial charge is 0.358 e. The Morgan fingerprint density at radius 2 is 2.10 bits per heavy atom. The maximum absolute atomic E-state index is 13.8. The molecule has 20 heavy (non-hydrogen) atoms. The predicted molar refractivity (Wildman–Crippen MR) is 75.8 cm³/mol. The lowest BCUT2D eigenvalue weighted by atomic mass is 10.2. The maximum Gasteiger partial charge on any atom is 0.233 e. The minimum atomic E-state index is -0.348. The van der Waals surface area contributed by atoms with E-state index in [0.717, 1.165) is 0 Å². The molecular formula is C13H15FN4OS. The van der Waals surface area contributed by atoms with Crippen LogP contribution in [-0.4, -0.2) is 33.0 Å². The van der Waals surface area contributed by atoms with Crippen molar-refractivity contribution < 1.29 is 9.18 Å². The average Bonchev–Trinajstić information content (AvgIpc) is 2.80. The number of nitrogens with zero attached hydrogens (tertiary/aromatic N) is 3. The summed E-state index contributed by atoms with van der Waals surface area (Å²) in [6, 6.07) is 6.39. The van der Waals surface area contributed by atoms with Gasteiger partial charge in [-0.25, -0.2) is 4.39 Å². The molecule has 2 aromatic rings. The fourth-order valence-corrected chi connectivity index (χ4v) is 2.58. The Bertz CT molecular complexity index is 629. The molecule has 1 aromatic carbocycles. The molecule has 1 amide bonds. The number of aromatic nitrogens is 3. The van der Waals surface area contributed by atoms with E-state index < -0.39 is 0 Å². The monoisotopic (exact) mass is 294 g/mol. The Kier molecular flexibility index (Phi) is 4.39. The van der Waals surface area contributed by atoms with Crippen molar-refractivity contribution in [3.8, 4) is 11.4 Å². The van der Waals surface area contributed by atoms with E-state index in [4.69, 9.17) is 0 Å². The molecule has 0 radical (unpaired) electrons. The molecule has 0 aliphatic rings. The van der Waals surface area contributed by atoms with Gasteiger partial charge in [-0.15, -0.1) is 10.2 Å². The third-order valence-electron chi connectivity index (χ3n) is 2.85. The fourth-order valence-electron chi connectivity index (χ4n) is 1.71. The van der Waals surface area contributed by atoms with Crippen LogP contribution in [0, 0.1) is 5.82 Å². The first-order valence-corrected chi connectivity index (χ1v) is 6.95. The lowest BCUT2D eigenvalue weighted by molar-refractivity contribution is -0.119. The van der Waals surface area contributed by atoms with Gasteiger partial charge in [0.2, 0.25) is 5.91 Å². The number of carbonyl (C=O) groups excluding carboxylic acids is 1. The number of rotatable bonds is 4. The molecule has 0 aliphatic heterocycles. The zero-order valence-corrected chi connectivity index (χ0v) is 12.2. The second-order valence-corrected chi connectivity index (χ2v) is 5.53. The van der Waals surface area contributed by atoms with Crippen molar-refractivity contribution in [2.75, 3.05) is 7.05 Å². The highest BCUT2D eigenvalue weighted by Crippen LogP contribution is 2.26. The summed E-state index contributed by atoms with van der Waals surface area (Å²) in [5, 5.41) is 10.9. The van der Waals surface area contributed by atoms with Crippen LogP contribution >= 0.6 is 11.8 Å². The van der Waals surface area contributed by atoms with E-state index in [2.05, 4.69) is 15.5 Å². The van der Waals surface area contributed by atoms with E-state index in [1.54, 1.807) is 43.8 Å². The van der Waals surface area contributed by atoms with E-state index in [9.17, 15) is 9.18 Å². The normalized spacial score (nSPS) is 12.2. The number of hydrogen-bond acceptors (Lipinski definition) is 4. The van der Waals surface area contributed by atoms with Crippen LogP contribution in [-0.2, 0) is 11.8 Å². The van der Waals surface area contributed by atoms with Gasteiger partial charge in [0.15, 0.2) is 11.0 Å². The Morgan fingerprint density at radius 1 is 1.40 bits per heavy atom. The summed E-state index contributed by atoms with van der Waals surface area (Å²) >= 11 is 1.28. The summed E-state index contributed by atoms with van der Waals surface area (Å²) in [7, 11) is 3.33. The minimum Gasteiger partial charge on any atom is -0.358 e. The molecule has 2 rings (SSSR count). The average molecular weight is 294 g/mol. The van der Waals surface area contributed by atoms with Gasteiger partial charge in [-0.3, -0.25) is 4.79 Å². The minimum absolute atomic E-state index is 0.0922. The number of amides is 1. The highest BCUT2D eigenvalue weighted by atomic mass is 32.2. The van der Waals surface area contributed by atoms with Crippen molar-refractivity contribution in [1.82, 2.24) is 20.1 Å². The van der Waals surface area contributed by atoms with E-state index >= 15 is 0 Å². The molecule has 106 valence electrons. The first-order chi connectivity index (χ1) is 9.54. The number of hydrogen-bond donors (Lipinski definition) is 1. The van der Waals surface area contributed by atoms with Gasteiger partial charge < -0.3 is 9.88 Å². The molecule has 0 spiro atoms. The number of carbonyl (C=O) groups is 1. The molecule has 7 heteroatoms. The Labute approximate surface area is 120 Å². The standard InChI is InChI=1S/C13H15FN4OS/c1-8(12(19)15-2)20-13-17-16-11(18(13)3)9-6-4-5-7-10(9)14/h4-8H,1-3H3,(H,15,19)/t8-/m1/s1. The van der Waals surface area contributed by atoms with Crippen LogP contribution in [0.2, 0.25) is 0 Å². The summed E-state index contributed by atoms with van der Waals surface area (Å²) in [4.78, 5) is 11.5. The highest BCUT2D eigenvalue weighted by Gasteiger charge is 2.19.